The minimum Gasteiger partial charge on any atom is -0.379 e. The molecule has 0 spiro atoms. The van der Waals surface area contributed by atoms with Crippen LogP contribution in [0.4, 0.5) is 18.9 Å². The number of pyridine rings is 1. The van der Waals surface area contributed by atoms with Crippen molar-refractivity contribution < 1.29 is 13.2 Å². The van der Waals surface area contributed by atoms with Crippen LogP contribution < -0.4 is 5.32 Å². The highest BCUT2D eigenvalue weighted by molar-refractivity contribution is 9.10. The van der Waals surface area contributed by atoms with Crippen LogP contribution in [0, 0.1) is 11.3 Å². The molecular weight excluding hydrogens is 347 g/mol. The Morgan fingerprint density at radius 2 is 2.00 bits per heavy atom. The Morgan fingerprint density at radius 1 is 1.24 bits per heavy atom. The third kappa shape index (κ3) is 3.95. The fourth-order valence-corrected chi connectivity index (χ4v) is 2.12. The summed E-state index contributed by atoms with van der Waals surface area (Å²) in [5.41, 5.74) is -0.380. The zero-order valence-corrected chi connectivity index (χ0v) is 12.2. The number of halogens is 4. The minimum absolute atomic E-state index is 0.0338. The molecular formula is C14H9BrF3N3. The Morgan fingerprint density at radius 3 is 2.62 bits per heavy atom. The van der Waals surface area contributed by atoms with Gasteiger partial charge in [-0.3, -0.25) is 0 Å². The molecule has 0 fully saturated rings. The monoisotopic (exact) mass is 355 g/mol. The summed E-state index contributed by atoms with van der Waals surface area (Å²) >= 11 is 3.20. The second-order valence-corrected chi connectivity index (χ2v) is 4.99. The number of hydrogen-bond donors (Lipinski definition) is 1. The van der Waals surface area contributed by atoms with Crippen LogP contribution in [0.2, 0.25) is 0 Å². The largest absolute Gasteiger partial charge is 0.418 e. The SMILES string of the molecule is N#Cc1ccc(NCc2cccc(Br)n2)c(C(F)(F)F)c1. The molecule has 7 heteroatoms. The van der Waals surface area contributed by atoms with Gasteiger partial charge in [-0.1, -0.05) is 6.07 Å². The topological polar surface area (TPSA) is 48.7 Å². The Hall–Kier alpha value is -2.07. The number of alkyl halides is 3. The molecule has 0 bridgehead atoms. The van der Waals surface area contributed by atoms with E-state index in [9.17, 15) is 13.2 Å². The summed E-state index contributed by atoms with van der Waals surface area (Å²) in [6, 6.07) is 10.3. The summed E-state index contributed by atoms with van der Waals surface area (Å²) in [5, 5.41) is 11.4. The smallest absolute Gasteiger partial charge is 0.379 e. The van der Waals surface area contributed by atoms with E-state index < -0.39 is 11.7 Å². The van der Waals surface area contributed by atoms with Crippen LogP contribution >= 0.6 is 15.9 Å². The zero-order chi connectivity index (χ0) is 15.5. The van der Waals surface area contributed by atoms with Crippen LogP contribution in [0.1, 0.15) is 16.8 Å². The van der Waals surface area contributed by atoms with E-state index in [1.807, 2.05) is 0 Å². The molecule has 21 heavy (non-hydrogen) atoms. The lowest BCUT2D eigenvalue weighted by molar-refractivity contribution is -0.137. The number of hydrogen-bond acceptors (Lipinski definition) is 3. The standard InChI is InChI=1S/C14H9BrF3N3/c15-13-3-1-2-10(21-13)8-20-12-5-4-9(7-19)6-11(12)14(16,17)18/h1-6,20H,8H2. The molecule has 1 aromatic carbocycles. The molecule has 0 aliphatic heterocycles. The first-order valence-electron chi connectivity index (χ1n) is 5.87. The van der Waals surface area contributed by atoms with Crippen molar-refractivity contribution in [3.8, 4) is 6.07 Å². The maximum absolute atomic E-state index is 13.0. The summed E-state index contributed by atoms with van der Waals surface area (Å²) in [4.78, 5) is 4.13. The van der Waals surface area contributed by atoms with Crippen molar-refractivity contribution in [3.05, 3.63) is 57.8 Å². The van der Waals surface area contributed by atoms with Crippen molar-refractivity contribution in [2.75, 3.05) is 5.32 Å². The first-order chi connectivity index (χ1) is 9.90. The quantitative estimate of drug-likeness (QED) is 0.832. The van der Waals surface area contributed by atoms with Gasteiger partial charge in [0.25, 0.3) is 0 Å². The third-order valence-corrected chi connectivity index (χ3v) is 3.13. The predicted molar refractivity (Wildman–Crippen MR) is 75.4 cm³/mol. The molecule has 108 valence electrons. The lowest BCUT2D eigenvalue weighted by atomic mass is 10.1. The molecule has 1 aromatic heterocycles. The molecule has 0 aliphatic rings. The first-order valence-corrected chi connectivity index (χ1v) is 6.66. The maximum Gasteiger partial charge on any atom is 0.418 e. The van der Waals surface area contributed by atoms with Crippen LogP contribution in [0.3, 0.4) is 0 Å². The summed E-state index contributed by atoms with van der Waals surface area (Å²) in [5.74, 6) is 0. The van der Waals surface area contributed by atoms with E-state index in [1.165, 1.54) is 12.1 Å². The zero-order valence-electron chi connectivity index (χ0n) is 10.6. The third-order valence-electron chi connectivity index (χ3n) is 2.69. The van der Waals surface area contributed by atoms with Crippen LogP contribution in [0.15, 0.2) is 41.0 Å². The Bertz CT molecular complexity index is 693. The average molecular weight is 356 g/mol. The van der Waals surface area contributed by atoms with Gasteiger partial charge in [0, 0.05) is 5.69 Å². The van der Waals surface area contributed by atoms with Gasteiger partial charge in [-0.2, -0.15) is 18.4 Å². The second kappa shape index (κ2) is 6.14. The second-order valence-electron chi connectivity index (χ2n) is 4.18. The molecule has 0 saturated carbocycles. The molecule has 0 atom stereocenters. The van der Waals surface area contributed by atoms with E-state index in [0.717, 1.165) is 6.07 Å². The summed E-state index contributed by atoms with van der Waals surface area (Å²) in [7, 11) is 0. The van der Waals surface area contributed by atoms with Gasteiger partial charge < -0.3 is 5.32 Å². The summed E-state index contributed by atoms with van der Waals surface area (Å²) in [6.45, 7) is 0.147. The maximum atomic E-state index is 13.0. The number of nitrogens with zero attached hydrogens (tertiary/aromatic N) is 2. The molecule has 2 aromatic rings. The van der Waals surface area contributed by atoms with Crippen LogP contribution in [0.25, 0.3) is 0 Å². The lowest BCUT2D eigenvalue weighted by Gasteiger charge is -2.14. The fourth-order valence-electron chi connectivity index (χ4n) is 1.74. The van der Waals surface area contributed by atoms with Crippen molar-refractivity contribution >= 4 is 21.6 Å². The van der Waals surface area contributed by atoms with E-state index >= 15 is 0 Å². The predicted octanol–water partition coefficient (Wildman–Crippen LogP) is 4.35. The van der Waals surface area contributed by atoms with Gasteiger partial charge in [-0.15, -0.1) is 0 Å². The lowest BCUT2D eigenvalue weighted by Crippen LogP contribution is -2.11. The van der Waals surface area contributed by atoms with Gasteiger partial charge in [0.2, 0.25) is 0 Å². The van der Waals surface area contributed by atoms with Gasteiger partial charge in [0.05, 0.1) is 29.4 Å². The van der Waals surface area contributed by atoms with E-state index in [0.29, 0.717) is 10.3 Å². The molecule has 0 aliphatic carbocycles. The minimum atomic E-state index is -4.53. The summed E-state index contributed by atoms with van der Waals surface area (Å²) in [6.07, 6.45) is -4.53. The van der Waals surface area contributed by atoms with Gasteiger partial charge in [0.1, 0.15) is 4.60 Å². The van der Waals surface area contributed by atoms with Crippen LogP contribution in [-0.4, -0.2) is 4.98 Å². The Labute approximate surface area is 127 Å². The van der Waals surface area contributed by atoms with Gasteiger partial charge in [-0.25, -0.2) is 4.98 Å². The molecule has 0 unspecified atom stereocenters. The Kier molecular flexibility index (Phi) is 4.48. The molecule has 0 amide bonds. The Balaban J connectivity index is 2.26. The van der Waals surface area contributed by atoms with Crippen LogP contribution in [0.5, 0.6) is 0 Å². The van der Waals surface area contributed by atoms with E-state index in [4.69, 9.17) is 5.26 Å². The molecule has 1 N–H and O–H groups in total. The number of rotatable bonds is 3. The summed E-state index contributed by atoms with van der Waals surface area (Å²) < 4.78 is 39.6. The van der Waals surface area contributed by atoms with Crippen molar-refractivity contribution in [1.82, 2.24) is 4.98 Å². The normalized spacial score (nSPS) is 11.0. The van der Waals surface area contributed by atoms with Crippen molar-refractivity contribution in [2.24, 2.45) is 0 Å². The van der Waals surface area contributed by atoms with E-state index in [2.05, 4.69) is 26.2 Å². The number of anilines is 1. The van der Waals surface area contributed by atoms with Gasteiger partial charge in [-0.05, 0) is 46.3 Å². The highest BCUT2D eigenvalue weighted by Crippen LogP contribution is 2.35. The number of aromatic nitrogens is 1. The average Bonchev–Trinajstić information content (AvgIpc) is 2.44. The van der Waals surface area contributed by atoms with Crippen LogP contribution in [-0.2, 0) is 12.7 Å². The van der Waals surface area contributed by atoms with Gasteiger partial charge >= 0.3 is 6.18 Å². The molecule has 1 heterocycles. The van der Waals surface area contributed by atoms with Crippen molar-refractivity contribution in [3.63, 3.8) is 0 Å². The van der Waals surface area contributed by atoms with E-state index in [-0.39, 0.29) is 17.8 Å². The fraction of sp³-hybridized carbons (Fsp3) is 0.143. The molecule has 3 nitrogen and oxygen atoms in total. The van der Waals surface area contributed by atoms with E-state index in [1.54, 1.807) is 24.3 Å². The number of nitrogens with one attached hydrogen (secondary N) is 1. The highest BCUT2D eigenvalue weighted by atomic mass is 79.9. The van der Waals surface area contributed by atoms with Crippen molar-refractivity contribution in [1.29, 1.82) is 5.26 Å². The number of benzene rings is 1. The van der Waals surface area contributed by atoms with Gasteiger partial charge in [0.15, 0.2) is 0 Å². The first kappa shape index (κ1) is 15.3. The molecule has 0 radical (unpaired) electrons. The number of nitriles is 1. The molecule has 2 rings (SSSR count). The van der Waals surface area contributed by atoms with Crippen molar-refractivity contribution in [2.45, 2.75) is 12.7 Å². The molecule has 0 saturated heterocycles. The highest BCUT2D eigenvalue weighted by Gasteiger charge is 2.33.